The summed E-state index contributed by atoms with van der Waals surface area (Å²) in [5.74, 6) is -0.410. The molecule has 0 fully saturated rings. The van der Waals surface area contributed by atoms with Gasteiger partial charge in [-0.3, -0.25) is 8.98 Å². The van der Waals surface area contributed by atoms with Crippen LogP contribution < -0.4 is 5.32 Å². The van der Waals surface area contributed by atoms with E-state index >= 15 is 0 Å². The van der Waals surface area contributed by atoms with E-state index in [1.165, 1.54) is 6.92 Å². The summed E-state index contributed by atoms with van der Waals surface area (Å²) in [5, 5.41) is 2.54. The van der Waals surface area contributed by atoms with Gasteiger partial charge in [-0.15, -0.1) is 0 Å². The number of carbonyl (C=O) groups excluding carboxylic acids is 1. The van der Waals surface area contributed by atoms with E-state index in [1.807, 2.05) is 0 Å². The average Bonchev–Trinajstić information content (AvgIpc) is 2.22. The lowest BCUT2D eigenvalue weighted by Gasteiger charge is -2.12. The van der Waals surface area contributed by atoms with E-state index in [0.29, 0.717) is 6.54 Å². The predicted octanol–water partition coefficient (Wildman–Crippen LogP) is 0.805. The second-order valence-corrected chi connectivity index (χ2v) is 5.34. The maximum atomic E-state index is 11.2. The largest absolute Gasteiger partial charge is 0.352 e. The summed E-state index contributed by atoms with van der Waals surface area (Å²) < 4.78 is 27.1. The fraction of sp³-hybridized carbons (Fsp3) is 0.500. The molecule has 0 radical (unpaired) electrons. The van der Waals surface area contributed by atoms with Crippen LogP contribution in [-0.4, -0.2) is 27.5 Å². The molecular weight excluding hydrogens is 230 g/mol. The van der Waals surface area contributed by atoms with Gasteiger partial charge >= 0.3 is 0 Å². The molecule has 0 bridgehead atoms. The fourth-order valence-electron chi connectivity index (χ4n) is 0.712. The van der Waals surface area contributed by atoms with Crippen LogP contribution in [0.25, 0.3) is 0 Å². The van der Waals surface area contributed by atoms with Gasteiger partial charge in [0.05, 0.1) is 11.5 Å². The SMILES string of the molecule is C=CC(=O)NCC(C)COS(=O)(=O)C(=C)C. The van der Waals surface area contributed by atoms with Crippen molar-refractivity contribution in [2.75, 3.05) is 13.2 Å². The van der Waals surface area contributed by atoms with Crippen molar-refractivity contribution in [2.24, 2.45) is 5.92 Å². The molecular formula is C10H17NO4S. The molecule has 0 aromatic carbocycles. The van der Waals surface area contributed by atoms with Crippen LogP contribution in [0.4, 0.5) is 0 Å². The second kappa shape index (κ2) is 6.44. The van der Waals surface area contributed by atoms with Gasteiger partial charge < -0.3 is 5.32 Å². The van der Waals surface area contributed by atoms with Crippen molar-refractivity contribution in [3.8, 4) is 0 Å². The summed E-state index contributed by atoms with van der Waals surface area (Å²) in [7, 11) is -3.66. The highest BCUT2D eigenvalue weighted by Crippen LogP contribution is 2.07. The van der Waals surface area contributed by atoms with E-state index in [0.717, 1.165) is 6.08 Å². The van der Waals surface area contributed by atoms with Gasteiger partial charge in [0.15, 0.2) is 0 Å². The highest BCUT2D eigenvalue weighted by atomic mass is 32.2. The third kappa shape index (κ3) is 5.67. The third-order valence-corrected chi connectivity index (χ3v) is 3.04. The molecule has 0 spiro atoms. The van der Waals surface area contributed by atoms with Gasteiger partial charge in [-0.2, -0.15) is 8.42 Å². The predicted molar refractivity (Wildman–Crippen MR) is 62.1 cm³/mol. The molecule has 6 heteroatoms. The van der Waals surface area contributed by atoms with Crippen molar-refractivity contribution >= 4 is 16.0 Å². The van der Waals surface area contributed by atoms with E-state index < -0.39 is 10.1 Å². The third-order valence-electron chi connectivity index (χ3n) is 1.74. The monoisotopic (exact) mass is 247 g/mol. The van der Waals surface area contributed by atoms with Crippen LogP contribution in [0.15, 0.2) is 24.1 Å². The molecule has 0 rings (SSSR count). The highest BCUT2D eigenvalue weighted by molar-refractivity contribution is 7.90. The minimum absolute atomic E-state index is 0.00656. The number of hydrogen-bond acceptors (Lipinski definition) is 4. The first-order valence-electron chi connectivity index (χ1n) is 4.74. The Kier molecular flexibility index (Phi) is 5.98. The molecule has 0 saturated heterocycles. The topological polar surface area (TPSA) is 72.5 Å². The molecule has 1 unspecified atom stereocenters. The van der Waals surface area contributed by atoms with Crippen LogP contribution in [0.2, 0.25) is 0 Å². The van der Waals surface area contributed by atoms with Crippen molar-refractivity contribution in [1.29, 1.82) is 0 Å². The van der Waals surface area contributed by atoms with Gasteiger partial charge in [-0.1, -0.05) is 20.1 Å². The number of nitrogens with one attached hydrogen (secondary N) is 1. The molecule has 0 aromatic rings. The molecule has 16 heavy (non-hydrogen) atoms. The summed E-state index contributed by atoms with van der Waals surface area (Å²) in [5.41, 5.74) is 0. The normalized spacial score (nSPS) is 12.9. The smallest absolute Gasteiger partial charge is 0.292 e. The molecule has 0 aliphatic carbocycles. The van der Waals surface area contributed by atoms with Crippen LogP contribution in [0.1, 0.15) is 13.8 Å². The van der Waals surface area contributed by atoms with Crippen molar-refractivity contribution < 1.29 is 17.4 Å². The van der Waals surface area contributed by atoms with E-state index in [-0.39, 0.29) is 23.3 Å². The number of rotatable bonds is 7. The Labute approximate surface area is 96.3 Å². The van der Waals surface area contributed by atoms with Gasteiger partial charge in [0.25, 0.3) is 10.1 Å². The Morgan fingerprint density at radius 1 is 1.56 bits per heavy atom. The first kappa shape index (κ1) is 14.9. The highest BCUT2D eigenvalue weighted by Gasteiger charge is 2.14. The maximum absolute atomic E-state index is 11.2. The van der Waals surface area contributed by atoms with Crippen molar-refractivity contribution in [3.05, 3.63) is 24.1 Å². The Morgan fingerprint density at radius 2 is 2.12 bits per heavy atom. The molecule has 0 aromatic heterocycles. The van der Waals surface area contributed by atoms with Crippen LogP contribution in [-0.2, 0) is 19.1 Å². The Morgan fingerprint density at radius 3 is 2.56 bits per heavy atom. The van der Waals surface area contributed by atoms with Crippen molar-refractivity contribution in [1.82, 2.24) is 5.32 Å². The van der Waals surface area contributed by atoms with Crippen LogP contribution in [0.3, 0.4) is 0 Å². The van der Waals surface area contributed by atoms with Gasteiger partial charge in [-0.05, 0) is 18.9 Å². The summed E-state index contributed by atoms with van der Waals surface area (Å²) in [6.07, 6.45) is 1.15. The summed E-state index contributed by atoms with van der Waals surface area (Å²) in [6, 6.07) is 0. The number of amides is 1. The van der Waals surface area contributed by atoms with Gasteiger partial charge in [0, 0.05) is 6.54 Å². The van der Waals surface area contributed by atoms with Crippen LogP contribution >= 0.6 is 0 Å². The Hall–Kier alpha value is -1.14. The summed E-state index contributed by atoms with van der Waals surface area (Å²) in [6.45, 7) is 10.1. The maximum Gasteiger partial charge on any atom is 0.292 e. The molecule has 5 nitrogen and oxygen atoms in total. The zero-order valence-corrected chi connectivity index (χ0v) is 10.3. The van der Waals surface area contributed by atoms with Crippen LogP contribution in [0.5, 0.6) is 0 Å². The van der Waals surface area contributed by atoms with Crippen molar-refractivity contribution in [3.63, 3.8) is 0 Å². The Balaban J connectivity index is 3.99. The van der Waals surface area contributed by atoms with Gasteiger partial charge in [-0.25, -0.2) is 0 Å². The first-order chi connectivity index (χ1) is 7.29. The number of hydrogen-bond donors (Lipinski definition) is 1. The fourth-order valence-corrected chi connectivity index (χ4v) is 1.32. The standard InChI is InChI=1S/C10H17NO4S/c1-5-10(12)11-6-9(4)7-15-16(13,14)8(2)3/h5,9H,1-2,6-7H2,3-4H3,(H,11,12). The average molecular weight is 247 g/mol. The number of allylic oxidation sites excluding steroid dienone is 1. The molecule has 1 atom stereocenters. The quantitative estimate of drug-likeness (QED) is 0.533. The molecule has 0 aliphatic heterocycles. The van der Waals surface area contributed by atoms with E-state index in [2.05, 4.69) is 18.5 Å². The molecule has 0 heterocycles. The molecule has 92 valence electrons. The lowest BCUT2D eigenvalue weighted by Crippen LogP contribution is -2.29. The second-order valence-electron chi connectivity index (χ2n) is 3.50. The molecule has 0 aliphatic rings. The summed E-state index contributed by atoms with van der Waals surface area (Å²) >= 11 is 0. The lowest BCUT2D eigenvalue weighted by molar-refractivity contribution is -0.116. The number of carbonyl (C=O) groups is 1. The lowest BCUT2D eigenvalue weighted by atomic mass is 10.2. The van der Waals surface area contributed by atoms with E-state index in [9.17, 15) is 13.2 Å². The minimum Gasteiger partial charge on any atom is -0.352 e. The molecule has 0 saturated carbocycles. The zero-order chi connectivity index (χ0) is 12.8. The van der Waals surface area contributed by atoms with E-state index in [1.54, 1.807) is 6.92 Å². The molecule has 1 amide bonds. The van der Waals surface area contributed by atoms with Gasteiger partial charge in [0.2, 0.25) is 5.91 Å². The summed E-state index contributed by atoms with van der Waals surface area (Å²) in [4.78, 5) is 10.8. The van der Waals surface area contributed by atoms with Crippen molar-refractivity contribution in [2.45, 2.75) is 13.8 Å². The zero-order valence-electron chi connectivity index (χ0n) is 9.52. The molecule has 1 N–H and O–H groups in total. The van der Waals surface area contributed by atoms with E-state index in [4.69, 9.17) is 4.18 Å². The Bertz CT molecular complexity index is 372. The first-order valence-corrected chi connectivity index (χ1v) is 6.15. The minimum atomic E-state index is -3.66. The van der Waals surface area contributed by atoms with Gasteiger partial charge in [0.1, 0.15) is 0 Å². The van der Waals surface area contributed by atoms with Crippen LogP contribution in [0, 0.1) is 5.92 Å².